The first-order valence-corrected chi connectivity index (χ1v) is 9.65. The molecule has 1 aromatic rings. The van der Waals surface area contributed by atoms with Crippen LogP contribution >= 0.6 is 7.82 Å². The van der Waals surface area contributed by atoms with Crippen molar-refractivity contribution in [1.82, 2.24) is 0 Å². The van der Waals surface area contributed by atoms with E-state index in [9.17, 15) is 9.36 Å². The van der Waals surface area contributed by atoms with Crippen molar-refractivity contribution in [2.24, 2.45) is 0 Å². The van der Waals surface area contributed by atoms with E-state index in [-0.39, 0.29) is 12.4 Å². The summed E-state index contributed by atoms with van der Waals surface area (Å²) in [6.07, 6.45) is 0.593. The number of esters is 1. The van der Waals surface area contributed by atoms with E-state index in [1.807, 2.05) is 6.07 Å². The molecule has 0 radical (unpaired) electrons. The number of rotatable bonds is 7. The third-order valence-electron chi connectivity index (χ3n) is 2.78. The van der Waals surface area contributed by atoms with Gasteiger partial charge in [0.1, 0.15) is 5.75 Å². The van der Waals surface area contributed by atoms with Gasteiger partial charge in [-0.1, -0.05) is 18.2 Å². The number of carbonyl (C=O) groups excluding carboxylic acids is 1. The van der Waals surface area contributed by atoms with Gasteiger partial charge in [-0.05, 0) is 59.6 Å². The first-order chi connectivity index (χ1) is 11.3. The maximum atomic E-state index is 13.2. The van der Waals surface area contributed by atoms with Gasteiger partial charge in [-0.3, -0.25) is 13.8 Å². The molecule has 0 saturated heterocycles. The van der Waals surface area contributed by atoms with Crippen molar-refractivity contribution in [2.45, 2.75) is 65.6 Å². The molecule has 7 heteroatoms. The molecule has 0 aliphatic heterocycles. The molecular formula is C18H29O6P. The lowest BCUT2D eigenvalue weighted by Gasteiger charge is -2.31. The van der Waals surface area contributed by atoms with Crippen LogP contribution in [0, 0.1) is 0 Å². The Kier molecular flexibility index (Phi) is 7.24. The van der Waals surface area contributed by atoms with Gasteiger partial charge < -0.3 is 9.26 Å². The van der Waals surface area contributed by atoms with E-state index in [1.165, 1.54) is 7.11 Å². The Labute approximate surface area is 150 Å². The lowest BCUT2D eigenvalue weighted by atomic mass is 10.1. The van der Waals surface area contributed by atoms with E-state index in [0.29, 0.717) is 12.2 Å². The van der Waals surface area contributed by atoms with Gasteiger partial charge >= 0.3 is 13.8 Å². The van der Waals surface area contributed by atoms with Crippen LogP contribution in [0.2, 0.25) is 0 Å². The molecule has 142 valence electrons. The average Bonchev–Trinajstić information content (AvgIpc) is 2.41. The van der Waals surface area contributed by atoms with Crippen LogP contribution in [0.15, 0.2) is 24.3 Å². The Balaban J connectivity index is 3.08. The average molecular weight is 372 g/mol. The summed E-state index contributed by atoms with van der Waals surface area (Å²) in [6, 6.07) is 7.06. The van der Waals surface area contributed by atoms with Crippen LogP contribution < -0.4 is 4.52 Å². The van der Waals surface area contributed by atoms with Crippen LogP contribution in [0.1, 0.15) is 53.5 Å². The summed E-state index contributed by atoms with van der Waals surface area (Å²) < 4.78 is 34.8. The Bertz CT molecular complexity index is 607. The largest absolute Gasteiger partial charge is 0.531 e. The van der Waals surface area contributed by atoms with Gasteiger partial charge in [0, 0.05) is 6.42 Å². The number of benzene rings is 1. The fourth-order valence-corrected chi connectivity index (χ4v) is 3.86. The van der Waals surface area contributed by atoms with E-state index in [1.54, 1.807) is 59.7 Å². The number of aryl methyl sites for hydroxylation is 1. The Hall–Kier alpha value is -1.36. The molecule has 6 nitrogen and oxygen atoms in total. The summed E-state index contributed by atoms with van der Waals surface area (Å²) in [4.78, 5) is 11.4. The van der Waals surface area contributed by atoms with Crippen molar-refractivity contribution in [3.63, 3.8) is 0 Å². The number of hydrogen-bond acceptors (Lipinski definition) is 6. The van der Waals surface area contributed by atoms with Crippen LogP contribution in [0.25, 0.3) is 0 Å². The van der Waals surface area contributed by atoms with Gasteiger partial charge in [0.2, 0.25) is 0 Å². The van der Waals surface area contributed by atoms with Gasteiger partial charge in [0.25, 0.3) is 0 Å². The summed E-state index contributed by atoms with van der Waals surface area (Å²) in [5.41, 5.74) is -0.716. The molecule has 0 heterocycles. The predicted molar refractivity (Wildman–Crippen MR) is 96.7 cm³/mol. The number of ether oxygens (including phenoxy) is 1. The molecule has 0 atom stereocenters. The fraction of sp³-hybridized carbons (Fsp3) is 0.611. The van der Waals surface area contributed by atoms with Gasteiger partial charge in [-0.2, -0.15) is 0 Å². The normalized spacial score (nSPS) is 12.8. The highest BCUT2D eigenvalue weighted by atomic mass is 31.2. The zero-order valence-corrected chi connectivity index (χ0v) is 17.0. The second-order valence-electron chi connectivity index (χ2n) is 7.63. The molecule has 0 spiro atoms. The first-order valence-electron chi connectivity index (χ1n) is 8.19. The van der Waals surface area contributed by atoms with Gasteiger partial charge in [-0.25, -0.2) is 4.57 Å². The lowest BCUT2D eigenvalue weighted by molar-refractivity contribution is -0.140. The molecule has 0 unspecified atom stereocenters. The zero-order valence-electron chi connectivity index (χ0n) is 16.1. The molecule has 0 saturated carbocycles. The van der Waals surface area contributed by atoms with E-state index in [4.69, 9.17) is 13.6 Å². The second-order valence-corrected chi connectivity index (χ2v) is 9.07. The monoisotopic (exact) mass is 372 g/mol. The number of methoxy groups -OCH3 is 1. The number of hydrogen-bond donors (Lipinski definition) is 0. The van der Waals surface area contributed by atoms with Crippen LogP contribution in [0.4, 0.5) is 0 Å². The maximum absolute atomic E-state index is 13.2. The molecule has 0 aliphatic rings. The van der Waals surface area contributed by atoms with Crippen LogP contribution in [0.5, 0.6) is 5.75 Å². The molecule has 0 N–H and O–H groups in total. The number of phosphoric acid groups is 1. The minimum Gasteiger partial charge on any atom is -0.469 e. The first kappa shape index (κ1) is 21.7. The van der Waals surface area contributed by atoms with E-state index >= 15 is 0 Å². The SMILES string of the molecule is COC(=O)CCc1ccccc1OP(=O)(OC(C)(C)C)OC(C)(C)C. The lowest BCUT2D eigenvalue weighted by Crippen LogP contribution is -2.25. The predicted octanol–water partition coefficient (Wildman–Crippen LogP) is 4.91. The van der Waals surface area contributed by atoms with Gasteiger partial charge in [0.05, 0.1) is 18.3 Å². The Morgan fingerprint density at radius 2 is 1.52 bits per heavy atom. The van der Waals surface area contributed by atoms with Crippen molar-refractivity contribution >= 4 is 13.8 Å². The van der Waals surface area contributed by atoms with Gasteiger partial charge in [-0.15, -0.1) is 0 Å². The van der Waals surface area contributed by atoms with E-state index in [2.05, 4.69) is 4.74 Å². The summed E-state index contributed by atoms with van der Waals surface area (Å²) in [6.45, 7) is 10.7. The molecule has 0 aliphatic carbocycles. The topological polar surface area (TPSA) is 71.1 Å². The van der Waals surface area contributed by atoms with Crippen molar-refractivity contribution < 1.29 is 27.7 Å². The van der Waals surface area contributed by atoms with Crippen molar-refractivity contribution in [2.75, 3.05) is 7.11 Å². The highest BCUT2D eigenvalue weighted by Gasteiger charge is 2.39. The van der Waals surface area contributed by atoms with E-state index in [0.717, 1.165) is 5.56 Å². The Morgan fingerprint density at radius 1 is 1.00 bits per heavy atom. The third-order valence-corrected chi connectivity index (χ3v) is 4.74. The van der Waals surface area contributed by atoms with Crippen LogP contribution in [0.3, 0.4) is 0 Å². The van der Waals surface area contributed by atoms with Gasteiger partial charge in [0.15, 0.2) is 0 Å². The molecule has 1 rings (SSSR count). The molecule has 25 heavy (non-hydrogen) atoms. The van der Waals surface area contributed by atoms with Crippen molar-refractivity contribution in [3.05, 3.63) is 29.8 Å². The highest BCUT2D eigenvalue weighted by Crippen LogP contribution is 2.55. The van der Waals surface area contributed by atoms with Crippen LogP contribution in [-0.4, -0.2) is 24.3 Å². The minimum absolute atomic E-state index is 0.196. The quantitative estimate of drug-likeness (QED) is 0.500. The fourth-order valence-electron chi connectivity index (χ4n) is 1.99. The maximum Gasteiger partial charge on any atom is 0.531 e. The third kappa shape index (κ3) is 8.52. The van der Waals surface area contributed by atoms with Crippen LogP contribution in [-0.2, 0) is 29.6 Å². The molecule has 1 aromatic carbocycles. The number of phosphoric ester groups is 1. The molecule has 0 aromatic heterocycles. The minimum atomic E-state index is -3.88. The summed E-state index contributed by atoms with van der Waals surface area (Å²) >= 11 is 0. The second kappa shape index (κ2) is 8.35. The number of para-hydroxylation sites is 1. The Morgan fingerprint density at radius 3 is 2.00 bits per heavy atom. The van der Waals surface area contributed by atoms with E-state index < -0.39 is 19.0 Å². The highest BCUT2D eigenvalue weighted by molar-refractivity contribution is 7.49. The molecular weight excluding hydrogens is 343 g/mol. The molecule has 0 bridgehead atoms. The summed E-state index contributed by atoms with van der Waals surface area (Å²) in [7, 11) is -2.54. The zero-order chi connectivity index (χ0) is 19.3. The molecule has 0 fully saturated rings. The standard InChI is InChI=1S/C18H29O6P/c1-17(2,3)23-25(20,24-18(4,5)6)22-15-11-9-8-10-14(15)12-13-16(19)21-7/h8-11H,12-13H2,1-7H3. The molecule has 0 amide bonds. The number of carbonyl (C=O) groups is 1. The smallest absolute Gasteiger partial charge is 0.469 e. The summed E-state index contributed by atoms with van der Waals surface area (Å²) in [5, 5.41) is 0. The van der Waals surface area contributed by atoms with Crippen molar-refractivity contribution in [3.8, 4) is 5.75 Å². The summed E-state index contributed by atoms with van der Waals surface area (Å²) in [5.74, 6) is 0.0399. The van der Waals surface area contributed by atoms with Crippen molar-refractivity contribution in [1.29, 1.82) is 0 Å².